The Balaban J connectivity index is 2.07. The van der Waals surface area contributed by atoms with Crippen LogP contribution in [-0.4, -0.2) is 22.3 Å². The summed E-state index contributed by atoms with van der Waals surface area (Å²) in [6.45, 7) is 0.848. The van der Waals surface area contributed by atoms with Gasteiger partial charge in [0.05, 0.1) is 0 Å². The second kappa shape index (κ2) is 4.59. The van der Waals surface area contributed by atoms with Crippen LogP contribution in [0.4, 0.5) is 0 Å². The highest BCUT2D eigenvalue weighted by atomic mass is 32.2. The zero-order valence-electron chi connectivity index (χ0n) is 9.56. The largest absolute Gasteiger partial charge is 0.308 e. The van der Waals surface area contributed by atoms with E-state index in [1.54, 1.807) is 0 Å². The molecule has 2 atom stereocenters. The molecule has 2 nitrogen and oxygen atoms in total. The Labute approximate surface area is 103 Å². The first kappa shape index (κ1) is 10.9. The fourth-order valence-electron chi connectivity index (χ4n) is 2.43. The Morgan fingerprint density at radius 3 is 2.82 bits per heavy atom. The molecule has 3 heteroatoms. The minimum atomic E-state index is -0.676. The van der Waals surface area contributed by atoms with Crippen LogP contribution in [0, 0.1) is 0 Å². The van der Waals surface area contributed by atoms with Gasteiger partial charge >= 0.3 is 0 Å². The van der Waals surface area contributed by atoms with Crippen LogP contribution in [0.25, 0.3) is 10.8 Å². The lowest BCUT2D eigenvalue weighted by atomic mass is 9.99. The molecule has 0 bridgehead atoms. The van der Waals surface area contributed by atoms with E-state index in [4.69, 9.17) is 0 Å². The molecule has 0 aromatic heterocycles. The van der Waals surface area contributed by atoms with Crippen molar-refractivity contribution >= 4 is 21.6 Å². The molecule has 0 amide bonds. The Hall–Kier alpha value is -1.19. The van der Waals surface area contributed by atoms with E-state index in [2.05, 4.69) is 47.8 Å². The summed E-state index contributed by atoms with van der Waals surface area (Å²) in [5.74, 6) is 1.51. The number of hydrogen-bond donors (Lipinski definition) is 1. The summed E-state index contributed by atoms with van der Waals surface area (Å²) >= 11 is 0. The van der Waals surface area contributed by atoms with Crippen molar-refractivity contribution in [1.82, 2.24) is 5.32 Å². The van der Waals surface area contributed by atoms with Crippen LogP contribution in [0.5, 0.6) is 0 Å². The van der Waals surface area contributed by atoms with Crippen LogP contribution in [0.2, 0.25) is 0 Å². The maximum atomic E-state index is 11.7. The molecule has 0 aliphatic carbocycles. The first-order valence-corrected chi connectivity index (χ1v) is 7.39. The zero-order chi connectivity index (χ0) is 11.7. The molecule has 88 valence electrons. The van der Waals surface area contributed by atoms with Crippen LogP contribution in [0.3, 0.4) is 0 Å². The second-order valence-corrected chi connectivity index (χ2v) is 6.01. The van der Waals surface area contributed by atoms with Gasteiger partial charge in [-0.1, -0.05) is 42.5 Å². The highest BCUT2D eigenvalue weighted by Crippen LogP contribution is 2.25. The van der Waals surface area contributed by atoms with Crippen molar-refractivity contribution in [3.8, 4) is 0 Å². The van der Waals surface area contributed by atoms with E-state index in [-0.39, 0.29) is 6.04 Å². The summed E-state index contributed by atoms with van der Waals surface area (Å²) in [6.07, 6.45) is 0. The number of hydrogen-bond acceptors (Lipinski definition) is 2. The molecular formula is C14H15NOS. The molecule has 1 aliphatic heterocycles. The van der Waals surface area contributed by atoms with Crippen molar-refractivity contribution in [3.05, 3.63) is 48.0 Å². The lowest BCUT2D eigenvalue weighted by molar-refractivity contribution is 0.575. The molecule has 0 spiro atoms. The second-order valence-electron chi connectivity index (χ2n) is 4.39. The van der Waals surface area contributed by atoms with Gasteiger partial charge in [-0.25, -0.2) is 0 Å². The average Bonchev–Trinajstić information content (AvgIpc) is 2.38. The standard InChI is InChI=1S/C14H15NOS/c16-17-9-8-15-14(10-17)13-7-3-5-11-4-1-2-6-12(11)13/h1-7,14-15H,8-10H2. The van der Waals surface area contributed by atoms with Gasteiger partial charge < -0.3 is 5.32 Å². The SMILES string of the molecule is O=S1CCNC(c2cccc3ccccc23)C1. The Bertz CT molecular complexity index is 562. The van der Waals surface area contributed by atoms with Crippen LogP contribution in [0.15, 0.2) is 42.5 Å². The molecule has 2 aromatic rings. The van der Waals surface area contributed by atoms with Crippen LogP contribution < -0.4 is 5.32 Å². The lowest BCUT2D eigenvalue weighted by Crippen LogP contribution is -2.36. The van der Waals surface area contributed by atoms with Crippen molar-refractivity contribution in [2.24, 2.45) is 0 Å². The first-order chi connectivity index (χ1) is 8.34. The number of nitrogens with one attached hydrogen (secondary N) is 1. The van der Waals surface area contributed by atoms with Gasteiger partial charge in [-0.05, 0) is 16.3 Å². The molecule has 1 N–H and O–H groups in total. The maximum absolute atomic E-state index is 11.7. The van der Waals surface area contributed by atoms with E-state index in [9.17, 15) is 4.21 Å². The van der Waals surface area contributed by atoms with Gasteiger partial charge in [0.1, 0.15) is 0 Å². The molecule has 1 fully saturated rings. The summed E-state index contributed by atoms with van der Waals surface area (Å²) in [5.41, 5.74) is 1.27. The first-order valence-electron chi connectivity index (χ1n) is 5.90. The predicted octanol–water partition coefficient (Wildman–Crippen LogP) is 2.23. The Morgan fingerprint density at radius 1 is 1.12 bits per heavy atom. The molecule has 3 rings (SSSR count). The van der Waals surface area contributed by atoms with E-state index in [0.717, 1.165) is 18.1 Å². The third-order valence-corrected chi connectivity index (χ3v) is 4.64. The van der Waals surface area contributed by atoms with Crippen molar-refractivity contribution in [1.29, 1.82) is 0 Å². The van der Waals surface area contributed by atoms with Crippen molar-refractivity contribution in [2.75, 3.05) is 18.1 Å². The minimum absolute atomic E-state index is 0.232. The Morgan fingerprint density at radius 2 is 1.94 bits per heavy atom. The summed E-state index contributed by atoms with van der Waals surface area (Å²) in [6, 6.07) is 15.0. The lowest BCUT2D eigenvalue weighted by Gasteiger charge is -2.24. The minimum Gasteiger partial charge on any atom is -0.308 e. The molecule has 2 unspecified atom stereocenters. The average molecular weight is 245 g/mol. The van der Waals surface area contributed by atoms with Gasteiger partial charge in [0.15, 0.2) is 0 Å². The highest BCUT2D eigenvalue weighted by Gasteiger charge is 2.20. The fraction of sp³-hybridized carbons (Fsp3) is 0.286. The highest BCUT2D eigenvalue weighted by molar-refractivity contribution is 7.85. The molecule has 1 heterocycles. The van der Waals surface area contributed by atoms with Gasteiger partial charge in [0.2, 0.25) is 0 Å². The van der Waals surface area contributed by atoms with Gasteiger partial charge in [0.25, 0.3) is 0 Å². The van der Waals surface area contributed by atoms with E-state index in [1.165, 1.54) is 16.3 Å². The monoisotopic (exact) mass is 245 g/mol. The van der Waals surface area contributed by atoms with Crippen LogP contribution >= 0.6 is 0 Å². The van der Waals surface area contributed by atoms with Gasteiger partial charge in [-0.2, -0.15) is 0 Å². The summed E-state index contributed by atoms with van der Waals surface area (Å²) in [7, 11) is -0.676. The summed E-state index contributed by atoms with van der Waals surface area (Å²) < 4.78 is 11.7. The van der Waals surface area contributed by atoms with Gasteiger partial charge in [-0.15, -0.1) is 0 Å². The zero-order valence-corrected chi connectivity index (χ0v) is 10.4. The quantitative estimate of drug-likeness (QED) is 0.835. The third kappa shape index (κ3) is 2.13. The van der Waals surface area contributed by atoms with Crippen molar-refractivity contribution in [2.45, 2.75) is 6.04 Å². The topological polar surface area (TPSA) is 29.1 Å². The third-order valence-electron chi connectivity index (χ3n) is 3.27. The van der Waals surface area contributed by atoms with E-state index in [1.807, 2.05) is 0 Å². The van der Waals surface area contributed by atoms with Gasteiger partial charge in [-0.3, -0.25) is 4.21 Å². The molecule has 1 saturated heterocycles. The Kier molecular flexibility index (Phi) is 2.95. The molecule has 17 heavy (non-hydrogen) atoms. The maximum Gasteiger partial charge on any atom is 0.0443 e. The van der Waals surface area contributed by atoms with E-state index < -0.39 is 10.8 Å². The number of benzene rings is 2. The summed E-state index contributed by atoms with van der Waals surface area (Å²) in [5, 5.41) is 5.99. The smallest absolute Gasteiger partial charge is 0.0443 e. The molecule has 0 saturated carbocycles. The van der Waals surface area contributed by atoms with Crippen molar-refractivity contribution in [3.63, 3.8) is 0 Å². The molecule has 0 radical (unpaired) electrons. The number of rotatable bonds is 1. The van der Waals surface area contributed by atoms with E-state index in [0.29, 0.717) is 0 Å². The van der Waals surface area contributed by atoms with Crippen LogP contribution in [0.1, 0.15) is 11.6 Å². The molecule has 2 aromatic carbocycles. The normalized spacial score (nSPS) is 24.9. The molecular weight excluding hydrogens is 230 g/mol. The van der Waals surface area contributed by atoms with Crippen molar-refractivity contribution < 1.29 is 4.21 Å². The van der Waals surface area contributed by atoms with Crippen LogP contribution in [-0.2, 0) is 10.8 Å². The fourth-order valence-corrected chi connectivity index (χ4v) is 3.61. The predicted molar refractivity (Wildman–Crippen MR) is 72.6 cm³/mol. The van der Waals surface area contributed by atoms with E-state index >= 15 is 0 Å². The number of fused-ring (bicyclic) bond motifs is 1. The molecule has 1 aliphatic rings. The summed E-state index contributed by atoms with van der Waals surface area (Å²) in [4.78, 5) is 0. The van der Waals surface area contributed by atoms with Gasteiger partial charge in [0, 0.05) is 34.9 Å².